The Bertz CT molecular complexity index is 1000. The van der Waals surface area contributed by atoms with E-state index >= 15 is 0 Å². The van der Waals surface area contributed by atoms with Crippen molar-refractivity contribution in [2.45, 2.75) is 18.3 Å². The summed E-state index contributed by atoms with van der Waals surface area (Å²) in [5.74, 6) is 0.853. The van der Waals surface area contributed by atoms with Crippen LogP contribution in [0.15, 0.2) is 65.2 Å². The Morgan fingerprint density at radius 3 is 2.31 bits per heavy atom. The summed E-state index contributed by atoms with van der Waals surface area (Å²) in [7, 11) is 0. The van der Waals surface area contributed by atoms with E-state index in [2.05, 4.69) is 34.3 Å². The maximum absolute atomic E-state index is 13.3. The Balaban J connectivity index is 1.29. The van der Waals surface area contributed by atoms with E-state index < -0.39 is 5.41 Å². The number of nitrogens with zero attached hydrogens (tertiary/aromatic N) is 3. The highest BCUT2D eigenvalue weighted by Gasteiger charge is 2.55. The average molecular weight is 408 g/mol. The van der Waals surface area contributed by atoms with E-state index in [0.29, 0.717) is 10.8 Å². The van der Waals surface area contributed by atoms with Crippen LogP contribution in [0.3, 0.4) is 0 Å². The zero-order chi connectivity index (χ0) is 19.8. The first-order valence-electron chi connectivity index (χ1n) is 9.98. The molecule has 1 aromatic heterocycles. The van der Waals surface area contributed by atoms with Crippen molar-refractivity contribution in [3.63, 3.8) is 0 Å². The van der Waals surface area contributed by atoms with Gasteiger partial charge in [-0.25, -0.2) is 0 Å². The summed E-state index contributed by atoms with van der Waals surface area (Å²) >= 11 is 5.96. The number of anilines is 1. The molecule has 6 heteroatoms. The van der Waals surface area contributed by atoms with Crippen molar-refractivity contribution in [1.29, 1.82) is 0 Å². The SMILES string of the molecule is O=C(N1CCN(c2ccccc2)CC1)C1(c2cc(-c3ccc(Cl)cc3)on2)CC1. The molecule has 0 atom stereocenters. The van der Waals surface area contributed by atoms with E-state index in [1.165, 1.54) is 5.69 Å². The quantitative estimate of drug-likeness (QED) is 0.644. The highest BCUT2D eigenvalue weighted by Crippen LogP contribution is 2.50. The van der Waals surface area contributed by atoms with Gasteiger partial charge in [0.05, 0.1) is 11.1 Å². The van der Waals surface area contributed by atoms with Gasteiger partial charge in [-0.15, -0.1) is 0 Å². The van der Waals surface area contributed by atoms with Gasteiger partial charge in [0.1, 0.15) is 0 Å². The van der Waals surface area contributed by atoms with Crippen molar-refractivity contribution in [2.75, 3.05) is 31.1 Å². The summed E-state index contributed by atoms with van der Waals surface area (Å²) in [5, 5.41) is 4.94. The molecule has 1 aliphatic heterocycles. The second kappa shape index (κ2) is 7.23. The zero-order valence-corrected chi connectivity index (χ0v) is 16.8. The first kappa shape index (κ1) is 18.3. The summed E-state index contributed by atoms with van der Waals surface area (Å²) in [4.78, 5) is 17.6. The molecular weight excluding hydrogens is 386 g/mol. The molecule has 148 valence electrons. The topological polar surface area (TPSA) is 49.6 Å². The molecule has 1 saturated heterocycles. The Hall–Kier alpha value is -2.79. The monoisotopic (exact) mass is 407 g/mol. The predicted octanol–water partition coefficient (Wildman–Crippen LogP) is 4.38. The van der Waals surface area contributed by atoms with Crippen LogP contribution >= 0.6 is 11.6 Å². The van der Waals surface area contributed by atoms with Crippen LogP contribution in [-0.2, 0) is 10.2 Å². The maximum atomic E-state index is 13.3. The number of benzene rings is 2. The van der Waals surface area contributed by atoms with E-state index in [-0.39, 0.29) is 5.91 Å². The van der Waals surface area contributed by atoms with Crippen LogP contribution in [-0.4, -0.2) is 42.1 Å². The lowest BCUT2D eigenvalue weighted by atomic mass is 9.99. The minimum atomic E-state index is -0.511. The molecule has 5 nitrogen and oxygen atoms in total. The second-order valence-corrected chi connectivity index (χ2v) is 8.22. The lowest BCUT2D eigenvalue weighted by Crippen LogP contribution is -2.51. The summed E-state index contributed by atoms with van der Waals surface area (Å²) in [6, 6.07) is 19.7. The molecule has 2 aromatic carbocycles. The number of halogens is 1. The molecule has 2 fully saturated rings. The molecule has 0 unspecified atom stereocenters. The van der Waals surface area contributed by atoms with E-state index in [1.54, 1.807) is 0 Å². The number of carbonyl (C=O) groups excluding carboxylic acids is 1. The normalized spacial score (nSPS) is 18.0. The Morgan fingerprint density at radius 1 is 0.966 bits per heavy atom. The number of hydrogen-bond donors (Lipinski definition) is 0. The fraction of sp³-hybridized carbons (Fsp3) is 0.304. The van der Waals surface area contributed by atoms with Gasteiger partial charge in [0.25, 0.3) is 0 Å². The third-order valence-corrected chi connectivity index (χ3v) is 6.23. The third-order valence-electron chi connectivity index (χ3n) is 5.98. The van der Waals surface area contributed by atoms with Crippen molar-refractivity contribution >= 4 is 23.2 Å². The van der Waals surface area contributed by atoms with Gasteiger partial charge in [-0.3, -0.25) is 4.79 Å². The highest BCUT2D eigenvalue weighted by molar-refractivity contribution is 6.30. The second-order valence-electron chi connectivity index (χ2n) is 7.78. The molecular formula is C23H22ClN3O2. The van der Waals surface area contributed by atoms with E-state index in [0.717, 1.165) is 50.3 Å². The summed E-state index contributed by atoms with van der Waals surface area (Å²) in [6.07, 6.45) is 1.66. The number of piperazine rings is 1. The van der Waals surface area contributed by atoms with Crippen LogP contribution < -0.4 is 4.90 Å². The molecule has 1 aliphatic carbocycles. The number of rotatable bonds is 4. The summed E-state index contributed by atoms with van der Waals surface area (Å²) < 4.78 is 5.56. The molecule has 1 saturated carbocycles. The van der Waals surface area contributed by atoms with Gasteiger partial charge in [-0.2, -0.15) is 0 Å². The molecule has 0 spiro atoms. The van der Waals surface area contributed by atoms with Crippen LogP contribution in [0.4, 0.5) is 5.69 Å². The van der Waals surface area contributed by atoms with Crippen molar-refractivity contribution in [3.05, 3.63) is 71.4 Å². The number of amides is 1. The Kier molecular flexibility index (Phi) is 4.55. The molecule has 0 radical (unpaired) electrons. The highest BCUT2D eigenvalue weighted by atomic mass is 35.5. The molecule has 0 bridgehead atoms. The van der Waals surface area contributed by atoms with Crippen LogP contribution in [0.2, 0.25) is 5.02 Å². The lowest BCUT2D eigenvalue weighted by Gasteiger charge is -2.37. The largest absolute Gasteiger partial charge is 0.368 e. The third kappa shape index (κ3) is 3.40. The predicted molar refractivity (Wildman–Crippen MR) is 113 cm³/mol. The molecule has 0 N–H and O–H groups in total. The van der Waals surface area contributed by atoms with Crippen LogP contribution in [0.1, 0.15) is 18.5 Å². The smallest absolute Gasteiger partial charge is 0.235 e. The first-order chi connectivity index (χ1) is 14.2. The van der Waals surface area contributed by atoms with Gasteiger partial charge in [0.15, 0.2) is 5.76 Å². The molecule has 3 aromatic rings. The number of hydrogen-bond acceptors (Lipinski definition) is 4. The average Bonchev–Trinajstić information content (AvgIpc) is 3.44. The standard InChI is InChI=1S/C23H22ClN3O2/c24-18-8-6-17(7-9-18)20-16-21(25-29-20)23(10-11-23)22(28)27-14-12-26(13-15-27)19-4-2-1-3-5-19/h1-9,16H,10-15H2. The Labute approximate surface area is 174 Å². The van der Waals surface area contributed by atoms with Crippen molar-refractivity contribution in [2.24, 2.45) is 0 Å². The van der Waals surface area contributed by atoms with Gasteiger partial charge in [-0.05, 0) is 49.2 Å². The molecule has 29 heavy (non-hydrogen) atoms. The summed E-state index contributed by atoms with van der Waals surface area (Å²) in [6.45, 7) is 3.16. The molecule has 5 rings (SSSR count). The van der Waals surface area contributed by atoms with Crippen LogP contribution in [0, 0.1) is 0 Å². The van der Waals surface area contributed by atoms with Gasteiger partial charge in [0.2, 0.25) is 5.91 Å². The molecule has 1 amide bonds. The fourth-order valence-electron chi connectivity index (χ4n) is 4.06. The van der Waals surface area contributed by atoms with Gasteiger partial charge in [0, 0.05) is 48.5 Å². The minimum absolute atomic E-state index is 0.182. The number of carbonyl (C=O) groups is 1. The fourth-order valence-corrected chi connectivity index (χ4v) is 4.19. The number of para-hydroxylation sites is 1. The van der Waals surface area contributed by atoms with E-state index in [9.17, 15) is 4.79 Å². The van der Waals surface area contributed by atoms with Gasteiger partial charge in [-0.1, -0.05) is 35.0 Å². The van der Waals surface area contributed by atoms with Crippen molar-refractivity contribution < 1.29 is 9.32 Å². The van der Waals surface area contributed by atoms with Crippen molar-refractivity contribution in [1.82, 2.24) is 10.1 Å². The van der Waals surface area contributed by atoms with Gasteiger partial charge < -0.3 is 14.3 Å². The van der Waals surface area contributed by atoms with E-state index in [1.807, 2.05) is 41.3 Å². The zero-order valence-electron chi connectivity index (χ0n) is 16.1. The first-order valence-corrected chi connectivity index (χ1v) is 10.4. The molecule has 2 aliphatic rings. The molecule has 2 heterocycles. The number of aromatic nitrogens is 1. The van der Waals surface area contributed by atoms with Crippen LogP contribution in [0.5, 0.6) is 0 Å². The van der Waals surface area contributed by atoms with Crippen LogP contribution in [0.25, 0.3) is 11.3 Å². The van der Waals surface area contributed by atoms with Gasteiger partial charge >= 0.3 is 0 Å². The minimum Gasteiger partial charge on any atom is -0.368 e. The van der Waals surface area contributed by atoms with E-state index in [4.69, 9.17) is 16.1 Å². The summed E-state index contributed by atoms with van der Waals surface area (Å²) in [5.41, 5.74) is 2.36. The Morgan fingerprint density at radius 2 is 1.66 bits per heavy atom. The lowest BCUT2D eigenvalue weighted by molar-refractivity contribution is -0.134. The van der Waals surface area contributed by atoms with Crippen molar-refractivity contribution in [3.8, 4) is 11.3 Å². The maximum Gasteiger partial charge on any atom is 0.235 e.